The molecule has 0 aliphatic carbocycles. The van der Waals surface area contributed by atoms with Gasteiger partial charge in [0.25, 0.3) is 0 Å². The van der Waals surface area contributed by atoms with Gasteiger partial charge in [0.05, 0.1) is 16.6 Å². The molecule has 0 aliphatic rings. The Bertz CT molecular complexity index is 462. The highest BCUT2D eigenvalue weighted by molar-refractivity contribution is 6.42. The van der Waals surface area contributed by atoms with Crippen LogP contribution in [0.1, 0.15) is 32.3 Å². The van der Waals surface area contributed by atoms with Gasteiger partial charge in [0.1, 0.15) is 0 Å². The van der Waals surface area contributed by atoms with Gasteiger partial charge in [-0.25, -0.2) is 0 Å². The van der Waals surface area contributed by atoms with E-state index in [2.05, 4.69) is 24.5 Å². The molecule has 0 atom stereocenters. The first-order chi connectivity index (χ1) is 9.49. The van der Waals surface area contributed by atoms with Crippen molar-refractivity contribution in [1.82, 2.24) is 10.6 Å². The second-order valence-corrected chi connectivity index (χ2v) is 5.74. The van der Waals surface area contributed by atoms with Crippen LogP contribution in [0.5, 0.6) is 0 Å². The Morgan fingerprint density at radius 2 is 1.81 bits per heavy atom. The second-order valence-electron chi connectivity index (χ2n) is 4.92. The van der Waals surface area contributed by atoms with Gasteiger partial charge in [0.15, 0.2) is 0 Å². The molecule has 21 heavy (non-hydrogen) atoms. The lowest BCUT2D eigenvalue weighted by Gasteiger charge is -2.33. The maximum atomic E-state index is 11.7. The van der Waals surface area contributed by atoms with Gasteiger partial charge in [0.2, 0.25) is 5.91 Å². The average Bonchev–Trinajstić information content (AvgIpc) is 2.44. The van der Waals surface area contributed by atoms with Crippen LogP contribution < -0.4 is 10.6 Å². The summed E-state index contributed by atoms with van der Waals surface area (Å²) in [7, 11) is 1.76. The quantitative estimate of drug-likeness (QED) is 0.782. The molecular weight excluding hydrogens is 331 g/mol. The van der Waals surface area contributed by atoms with Crippen LogP contribution in [0.3, 0.4) is 0 Å². The summed E-state index contributed by atoms with van der Waals surface area (Å²) in [6.45, 7) is 5.16. The topological polar surface area (TPSA) is 41.1 Å². The Balaban J connectivity index is 0.00000400. The molecule has 2 N–H and O–H groups in total. The molecule has 0 aliphatic heterocycles. The summed E-state index contributed by atoms with van der Waals surface area (Å²) in [6.07, 6.45) is 1.84. The van der Waals surface area contributed by atoms with Gasteiger partial charge in [0, 0.05) is 12.0 Å². The molecule has 1 amide bonds. The lowest BCUT2D eigenvalue weighted by molar-refractivity contribution is -0.120. The minimum atomic E-state index is -0.113. The lowest BCUT2D eigenvalue weighted by Crippen LogP contribution is -2.42. The number of hydrogen-bond donors (Lipinski definition) is 2. The van der Waals surface area contributed by atoms with Gasteiger partial charge in [-0.3, -0.25) is 4.79 Å². The molecule has 0 heterocycles. The Morgan fingerprint density at radius 3 is 2.29 bits per heavy atom. The third-order valence-electron chi connectivity index (χ3n) is 3.85. The van der Waals surface area contributed by atoms with Crippen LogP contribution in [-0.4, -0.2) is 26.0 Å². The molecule has 1 aromatic carbocycles. The van der Waals surface area contributed by atoms with Crippen molar-refractivity contribution in [3.05, 3.63) is 33.8 Å². The largest absolute Gasteiger partial charge is 0.354 e. The zero-order chi connectivity index (χ0) is 15.2. The van der Waals surface area contributed by atoms with Gasteiger partial charge >= 0.3 is 0 Å². The van der Waals surface area contributed by atoms with Gasteiger partial charge in [-0.1, -0.05) is 43.1 Å². The molecule has 0 aromatic heterocycles. The molecule has 1 aromatic rings. The minimum Gasteiger partial charge on any atom is -0.354 e. The molecule has 6 heteroatoms. The summed E-state index contributed by atoms with van der Waals surface area (Å²) in [4.78, 5) is 11.7. The van der Waals surface area contributed by atoms with Crippen molar-refractivity contribution < 1.29 is 4.79 Å². The Morgan fingerprint density at radius 1 is 1.19 bits per heavy atom. The summed E-state index contributed by atoms with van der Waals surface area (Å²) in [6, 6.07) is 5.71. The summed E-state index contributed by atoms with van der Waals surface area (Å²) >= 11 is 12.1. The molecule has 120 valence electrons. The van der Waals surface area contributed by atoms with Crippen molar-refractivity contribution in [2.75, 3.05) is 20.1 Å². The maximum Gasteiger partial charge on any atom is 0.233 e. The highest BCUT2D eigenvalue weighted by atomic mass is 35.5. The van der Waals surface area contributed by atoms with E-state index in [-0.39, 0.29) is 23.7 Å². The van der Waals surface area contributed by atoms with E-state index in [1.54, 1.807) is 7.05 Å². The Kier molecular flexibility index (Phi) is 9.30. The molecule has 3 nitrogen and oxygen atoms in total. The fraction of sp³-hybridized carbons (Fsp3) is 0.533. The summed E-state index contributed by atoms with van der Waals surface area (Å²) in [5, 5.41) is 6.93. The lowest BCUT2D eigenvalue weighted by atomic mass is 9.76. The highest BCUT2D eigenvalue weighted by Crippen LogP contribution is 2.34. The van der Waals surface area contributed by atoms with Gasteiger partial charge < -0.3 is 10.6 Å². The van der Waals surface area contributed by atoms with Crippen LogP contribution in [-0.2, 0) is 10.2 Å². The predicted octanol–water partition coefficient (Wildman–Crippen LogP) is 3.81. The number of carbonyl (C=O) groups excluding carboxylic acids is 1. The number of nitrogens with one attached hydrogen (secondary N) is 2. The molecule has 0 bridgehead atoms. The highest BCUT2D eigenvalue weighted by Gasteiger charge is 2.29. The third kappa shape index (κ3) is 5.33. The third-order valence-corrected chi connectivity index (χ3v) is 4.59. The summed E-state index contributed by atoms with van der Waals surface area (Å²) in [5.74, 6) is -0.00108. The first kappa shape index (κ1) is 20.5. The molecule has 0 unspecified atom stereocenters. The standard InChI is InChI=1S/C15H22Cl2N2O.ClH/c1-4-15(5-2,10-19-14(20)9-18-3)11-6-7-12(16)13(17)8-11;/h6-8,18H,4-5,9-10H2,1-3H3,(H,19,20);1H. The van der Waals surface area contributed by atoms with Gasteiger partial charge in [-0.2, -0.15) is 0 Å². The fourth-order valence-electron chi connectivity index (χ4n) is 2.33. The number of amides is 1. The zero-order valence-electron chi connectivity index (χ0n) is 12.6. The van der Waals surface area contributed by atoms with Crippen molar-refractivity contribution in [3.63, 3.8) is 0 Å². The smallest absolute Gasteiger partial charge is 0.233 e. The van der Waals surface area contributed by atoms with Crippen molar-refractivity contribution in [3.8, 4) is 0 Å². The summed E-state index contributed by atoms with van der Waals surface area (Å²) < 4.78 is 0. The molecule has 0 radical (unpaired) electrons. The number of likely N-dealkylation sites (N-methyl/N-ethyl adjacent to an activating group) is 1. The Labute approximate surface area is 143 Å². The zero-order valence-corrected chi connectivity index (χ0v) is 15.0. The van der Waals surface area contributed by atoms with Crippen molar-refractivity contribution in [1.29, 1.82) is 0 Å². The van der Waals surface area contributed by atoms with E-state index < -0.39 is 0 Å². The van der Waals surface area contributed by atoms with E-state index in [9.17, 15) is 4.79 Å². The van der Waals surface area contributed by atoms with Crippen LogP contribution in [0, 0.1) is 0 Å². The SMILES string of the molecule is CCC(CC)(CNC(=O)CNC)c1ccc(Cl)c(Cl)c1.Cl. The van der Waals surface area contributed by atoms with Crippen molar-refractivity contribution in [2.24, 2.45) is 0 Å². The molecule has 1 rings (SSSR count). The maximum absolute atomic E-state index is 11.7. The number of hydrogen-bond acceptors (Lipinski definition) is 2. The van der Waals surface area contributed by atoms with Crippen LogP contribution >= 0.6 is 35.6 Å². The van der Waals surface area contributed by atoms with Crippen molar-refractivity contribution in [2.45, 2.75) is 32.1 Å². The molecule has 0 fully saturated rings. The van der Waals surface area contributed by atoms with E-state index in [1.165, 1.54) is 0 Å². The molecular formula is C15H23Cl3N2O. The van der Waals surface area contributed by atoms with Gasteiger partial charge in [-0.05, 0) is 37.6 Å². The second kappa shape index (κ2) is 9.52. The van der Waals surface area contributed by atoms with Crippen LogP contribution in [0.2, 0.25) is 10.0 Å². The predicted molar refractivity (Wildman–Crippen MR) is 92.9 cm³/mol. The van der Waals surface area contributed by atoms with E-state index in [0.29, 0.717) is 23.1 Å². The van der Waals surface area contributed by atoms with Crippen LogP contribution in [0.4, 0.5) is 0 Å². The van der Waals surface area contributed by atoms with Crippen molar-refractivity contribution >= 4 is 41.5 Å². The average molecular weight is 354 g/mol. The first-order valence-electron chi connectivity index (χ1n) is 6.86. The Hall–Kier alpha value is -0.480. The van der Waals surface area contributed by atoms with Crippen LogP contribution in [0.25, 0.3) is 0 Å². The molecule has 0 spiro atoms. The number of rotatable bonds is 7. The van der Waals surface area contributed by atoms with Crippen LogP contribution in [0.15, 0.2) is 18.2 Å². The number of carbonyl (C=O) groups is 1. The van der Waals surface area contributed by atoms with E-state index in [4.69, 9.17) is 23.2 Å². The number of benzene rings is 1. The van der Waals surface area contributed by atoms with E-state index >= 15 is 0 Å². The minimum absolute atomic E-state index is 0. The first-order valence-corrected chi connectivity index (χ1v) is 7.61. The van der Waals surface area contributed by atoms with E-state index in [0.717, 1.165) is 18.4 Å². The molecule has 0 saturated carbocycles. The monoisotopic (exact) mass is 352 g/mol. The summed E-state index contributed by atoms with van der Waals surface area (Å²) in [5.41, 5.74) is 0.999. The normalized spacial score (nSPS) is 10.9. The van der Waals surface area contributed by atoms with E-state index in [1.807, 2.05) is 18.2 Å². The number of halogens is 3. The molecule has 0 saturated heterocycles. The fourth-order valence-corrected chi connectivity index (χ4v) is 2.63. The van der Waals surface area contributed by atoms with Gasteiger partial charge in [-0.15, -0.1) is 12.4 Å².